The number of hydrogen-bond donors (Lipinski definition) is 1. The first-order chi connectivity index (χ1) is 8.72. The first-order valence-electron chi connectivity index (χ1n) is 5.69. The number of alkyl halides is 3. The smallest absolute Gasteiger partial charge is 0.416 e. The van der Waals surface area contributed by atoms with Crippen LogP contribution in [0.3, 0.4) is 0 Å². The average molecular weight is 278 g/mol. The molecule has 0 aliphatic rings. The molecule has 0 amide bonds. The lowest BCUT2D eigenvalue weighted by Crippen LogP contribution is -2.27. The molecule has 0 aliphatic heterocycles. The molecule has 0 heterocycles. The summed E-state index contributed by atoms with van der Waals surface area (Å²) in [5.41, 5.74) is -2.70. The Bertz CT molecular complexity index is 428. The van der Waals surface area contributed by atoms with E-state index in [-0.39, 0.29) is 24.3 Å². The van der Waals surface area contributed by atoms with Gasteiger partial charge in [-0.1, -0.05) is 6.07 Å². The van der Waals surface area contributed by atoms with Gasteiger partial charge in [0.2, 0.25) is 0 Å². The zero-order chi connectivity index (χ0) is 14.7. The Morgan fingerprint density at radius 2 is 1.79 bits per heavy atom. The van der Waals surface area contributed by atoms with Crippen molar-refractivity contribution in [3.63, 3.8) is 0 Å². The Kier molecular flexibility index (Phi) is 4.81. The third kappa shape index (κ3) is 3.84. The highest BCUT2D eigenvalue weighted by molar-refractivity contribution is 5.40. The molecule has 6 heteroatoms. The van der Waals surface area contributed by atoms with Gasteiger partial charge < -0.3 is 14.6 Å². The molecule has 108 valence electrons. The van der Waals surface area contributed by atoms with Gasteiger partial charge in [0, 0.05) is 20.1 Å². The minimum atomic E-state index is -4.55. The fourth-order valence-electron chi connectivity index (χ4n) is 1.79. The zero-order valence-electron chi connectivity index (χ0n) is 11.0. The van der Waals surface area contributed by atoms with Crippen LogP contribution < -0.4 is 4.74 Å². The van der Waals surface area contributed by atoms with Crippen LogP contribution in [0.25, 0.3) is 0 Å². The maximum atomic E-state index is 13.0. The van der Waals surface area contributed by atoms with E-state index in [1.165, 1.54) is 33.3 Å². The quantitative estimate of drug-likeness (QED) is 0.900. The summed E-state index contributed by atoms with van der Waals surface area (Å²) >= 11 is 0. The van der Waals surface area contributed by atoms with Gasteiger partial charge >= 0.3 is 6.18 Å². The Morgan fingerprint density at radius 3 is 2.26 bits per heavy atom. The lowest BCUT2D eigenvalue weighted by atomic mass is 9.88. The van der Waals surface area contributed by atoms with Gasteiger partial charge in [0.25, 0.3) is 0 Å². The van der Waals surface area contributed by atoms with Gasteiger partial charge in [-0.2, -0.15) is 13.2 Å². The molecule has 0 spiro atoms. The van der Waals surface area contributed by atoms with E-state index < -0.39 is 17.3 Å². The summed E-state index contributed by atoms with van der Waals surface area (Å²) in [5.74, 6) is 0.0959. The summed E-state index contributed by atoms with van der Waals surface area (Å²) in [6, 6.07) is 3.51. The van der Waals surface area contributed by atoms with Crippen LogP contribution in [-0.4, -0.2) is 25.9 Å². The van der Waals surface area contributed by atoms with Crippen molar-refractivity contribution in [1.82, 2.24) is 0 Å². The predicted octanol–water partition coefficient (Wildman–Crippen LogP) is 2.96. The van der Waals surface area contributed by atoms with Crippen LogP contribution >= 0.6 is 0 Å². The maximum Gasteiger partial charge on any atom is 0.416 e. The van der Waals surface area contributed by atoms with Crippen molar-refractivity contribution in [2.75, 3.05) is 20.8 Å². The predicted molar refractivity (Wildman–Crippen MR) is 64.1 cm³/mol. The van der Waals surface area contributed by atoms with Gasteiger partial charge in [0.1, 0.15) is 5.75 Å². The van der Waals surface area contributed by atoms with E-state index in [0.717, 1.165) is 6.07 Å². The minimum Gasteiger partial charge on any atom is -0.497 e. The van der Waals surface area contributed by atoms with Crippen LogP contribution in [0.1, 0.15) is 24.5 Å². The van der Waals surface area contributed by atoms with Gasteiger partial charge in [0.05, 0.1) is 18.3 Å². The van der Waals surface area contributed by atoms with Gasteiger partial charge in [-0.15, -0.1) is 0 Å². The molecule has 1 aromatic rings. The molecule has 19 heavy (non-hydrogen) atoms. The van der Waals surface area contributed by atoms with Crippen LogP contribution in [-0.2, 0) is 16.5 Å². The second kappa shape index (κ2) is 5.79. The molecule has 0 saturated carbocycles. The molecule has 3 nitrogen and oxygen atoms in total. The number of benzene rings is 1. The largest absolute Gasteiger partial charge is 0.497 e. The monoisotopic (exact) mass is 278 g/mol. The van der Waals surface area contributed by atoms with Crippen LogP contribution in [0, 0.1) is 0 Å². The lowest BCUT2D eigenvalue weighted by molar-refractivity contribution is -0.140. The average Bonchev–Trinajstić information content (AvgIpc) is 2.34. The van der Waals surface area contributed by atoms with Crippen molar-refractivity contribution >= 4 is 0 Å². The third-order valence-corrected chi connectivity index (χ3v) is 2.91. The summed E-state index contributed by atoms with van der Waals surface area (Å²) in [6.07, 6.45) is -4.49. The second-order valence-corrected chi connectivity index (χ2v) is 4.43. The molecular weight excluding hydrogens is 261 g/mol. The number of hydrogen-bond acceptors (Lipinski definition) is 3. The highest BCUT2D eigenvalue weighted by Crippen LogP contribution is 2.39. The number of methoxy groups -OCH3 is 2. The van der Waals surface area contributed by atoms with Crippen LogP contribution in [0.4, 0.5) is 13.2 Å². The van der Waals surface area contributed by atoms with E-state index in [9.17, 15) is 18.3 Å². The second-order valence-electron chi connectivity index (χ2n) is 4.43. The summed E-state index contributed by atoms with van der Waals surface area (Å²) < 4.78 is 48.7. The summed E-state index contributed by atoms with van der Waals surface area (Å²) in [4.78, 5) is 0. The van der Waals surface area contributed by atoms with Crippen molar-refractivity contribution < 1.29 is 27.8 Å². The van der Waals surface area contributed by atoms with Gasteiger partial charge in [-0.25, -0.2) is 0 Å². The van der Waals surface area contributed by atoms with E-state index in [2.05, 4.69) is 0 Å². The highest BCUT2D eigenvalue weighted by atomic mass is 19.4. The molecule has 1 atom stereocenters. The minimum absolute atomic E-state index is 0.0684. The van der Waals surface area contributed by atoms with Crippen LogP contribution in [0.15, 0.2) is 18.2 Å². The molecule has 0 fully saturated rings. The van der Waals surface area contributed by atoms with Gasteiger partial charge in [0.15, 0.2) is 0 Å². The van der Waals surface area contributed by atoms with Crippen LogP contribution in [0.2, 0.25) is 0 Å². The van der Waals surface area contributed by atoms with Gasteiger partial charge in [-0.3, -0.25) is 0 Å². The Balaban J connectivity index is 3.26. The standard InChI is InChI=1S/C13H17F3O3/c1-12(17,6-7-18-2)10-5-4-9(19-3)8-11(10)13(14,15)16/h4-5,8,17H,6-7H2,1-3H3. The molecule has 0 radical (unpaired) electrons. The molecule has 0 aromatic heterocycles. The molecular formula is C13H17F3O3. The van der Waals surface area contributed by atoms with Crippen molar-refractivity contribution in [3.05, 3.63) is 29.3 Å². The molecule has 0 aliphatic carbocycles. The lowest BCUT2D eigenvalue weighted by Gasteiger charge is -2.27. The SMILES string of the molecule is COCCC(C)(O)c1ccc(OC)cc1C(F)(F)F. The van der Waals surface area contributed by atoms with Crippen molar-refractivity contribution in [2.24, 2.45) is 0 Å². The number of rotatable bonds is 5. The Labute approximate surface area is 110 Å². The highest BCUT2D eigenvalue weighted by Gasteiger charge is 2.39. The fraction of sp³-hybridized carbons (Fsp3) is 0.538. The molecule has 0 bridgehead atoms. The normalized spacial score (nSPS) is 15.1. The van der Waals surface area contributed by atoms with Crippen molar-refractivity contribution in [1.29, 1.82) is 0 Å². The van der Waals surface area contributed by atoms with E-state index in [1.54, 1.807) is 0 Å². The molecule has 0 saturated heterocycles. The van der Waals surface area contributed by atoms with E-state index in [0.29, 0.717) is 0 Å². The molecule has 1 N–H and O–H groups in total. The third-order valence-electron chi connectivity index (χ3n) is 2.91. The summed E-state index contributed by atoms with van der Waals surface area (Å²) in [7, 11) is 2.72. The first-order valence-corrected chi connectivity index (χ1v) is 5.69. The fourth-order valence-corrected chi connectivity index (χ4v) is 1.79. The zero-order valence-corrected chi connectivity index (χ0v) is 11.0. The first kappa shape index (κ1) is 15.8. The van der Waals surface area contributed by atoms with Crippen molar-refractivity contribution in [3.8, 4) is 5.75 Å². The summed E-state index contributed by atoms with van der Waals surface area (Å²) in [6.45, 7) is 1.50. The maximum absolute atomic E-state index is 13.0. The number of halogens is 3. The van der Waals surface area contributed by atoms with Gasteiger partial charge in [-0.05, 0) is 24.6 Å². The molecule has 1 unspecified atom stereocenters. The van der Waals surface area contributed by atoms with Crippen molar-refractivity contribution in [2.45, 2.75) is 25.1 Å². The number of aliphatic hydroxyl groups is 1. The van der Waals surface area contributed by atoms with E-state index in [4.69, 9.17) is 9.47 Å². The topological polar surface area (TPSA) is 38.7 Å². The molecule has 1 rings (SSSR count). The number of ether oxygens (including phenoxy) is 2. The molecule has 1 aromatic carbocycles. The van der Waals surface area contributed by atoms with Crippen LogP contribution in [0.5, 0.6) is 5.75 Å². The van der Waals surface area contributed by atoms with E-state index >= 15 is 0 Å². The van der Waals surface area contributed by atoms with E-state index in [1.807, 2.05) is 0 Å². The summed E-state index contributed by atoms with van der Waals surface area (Å²) in [5, 5.41) is 10.2. The Hall–Kier alpha value is -1.27. The Morgan fingerprint density at radius 1 is 1.16 bits per heavy atom.